The molecule has 1 heterocycles. The van der Waals surface area contributed by atoms with E-state index in [0.717, 1.165) is 5.56 Å². The van der Waals surface area contributed by atoms with Crippen LogP contribution in [0.4, 0.5) is 0 Å². The molecule has 7 nitrogen and oxygen atoms in total. The van der Waals surface area contributed by atoms with Crippen molar-refractivity contribution >= 4 is 39.1 Å². The topological polar surface area (TPSA) is 105 Å². The van der Waals surface area contributed by atoms with Gasteiger partial charge in [0.05, 0.1) is 40.1 Å². The molecular formula is C21H22Cl2N2O5S. The number of benzene rings is 2. The molecule has 0 spiro atoms. The van der Waals surface area contributed by atoms with Crippen LogP contribution in [0.15, 0.2) is 65.6 Å². The zero-order valence-electron chi connectivity index (χ0n) is 16.4. The van der Waals surface area contributed by atoms with Gasteiger partial charge in [-0.2, -0.15) is 0 Å². The average molecular weight is 485 g/mol. The minimum atomic E-state index is -3.78. The predicted octanol–water partition coefficient (Wildman–Crippen LogP) is 2.66. The smallest absolute Gasteiger partial charge is 0.241 e. The van der Waals surface area contributed by atoms with E-state index in [1.165, 1.54) is 12.1 Å². The number of hydrogen-bond acceptors (Lipinski definition) is 5. The molecule has 2 aromatic rings. The number of aliphatic hydroxyl groups excluding tert-OH is 1. The Bertz CT molecular complexity index is 1050. The second kappa shape index (κ2) is 10.6. The van der Waals surface area contributed by atoms with Crippen molar-refractivity contribution in [3.05, 3.63) is 76.3 Å². The van der Waals surface area contributed by atoms with Crippen molar-refractivity contribution in [1.82, 2.24) is 10.0 Å². The highest BCUT2D eigenvalue weighted by atomic mass is 35.5. The van der Waals surface area contributed by atoms with Gasteiger partial charge < -0.3 is 15.2 Å². The largest absolute Gasteiger partial charge is 0.394 e. The molecule has 3 rings (SSSR count). The highest BCUT2D eigenvalue weighted by Crippen LogP contribution is 2.22. The first-order valence-corrected chi connectivity index (χ1v) is 11.7. The van der Waals surface area contributed by atoms with Gasteiger partial charge in [0.1, 0.15) is 6.10 Å². The normalized spacial score (nSPS) is 21.1. The summed E-state index contributed by atoms with van der Waals surface area (Å²) in [6.07, 6.45) is 1.82. The van der Waals surface area contributed by atoms with E-state index in [0.29, 0.717) is 10.0 Å². The van der Waals surface area contributed by atoms with Crippen LogP contribution in [0.3, 0.4) is 0 Å². The minimum Gasteiger partial charge on any atom is -0.394 e. The lowest BCUT2D eigenvalue weighted by molar-refractivity contribution is -0.125. The van der Waals surface area contributed by atoms with Gasteiger partial charge in [-0.25, -0.2) is 13.1 Å². The fourth-order valence-electron chi connectivity index (χ4n) is 3.06. The van der Waals surface area contributed by atoms with Crippen LogP contribution in [-0.4, -0.2) is 44.3 Å². The molecule has 0 aliphatic carbocycles. The lowest BCUT2D eigenvalue weighted by atomic mass is 10.1. The van der Waals surface area contributed by atoms with Gasteiger partial charge in [0.15, 0.2) is 0 Å². The van der Waals surface area contributed by atoms with Crippen molar-refractivity contribution in [3.8, 4) is 0 Å². The Balaban J connectivity index is 1.57. The first-order valence-electron chi connectivity index (χ1n) is 9.51. The quantitative estimate of drug-likeness (QED) is 0.499. The van der Waals surface area contributed by atoms with Crippen LogP contribution in [-0.2, 0) is 26.1 Å². The van der Waals surface area contributed by atoms with Crippen LogP contribution >= 0.6 is 23.2 Å². The number of hydrogen-bond donors (Lipinski definition) is 3. The second-order valence-corrected chi connectivity index (χ2v) is 9.50. The fourth-order valence-corrected chi connectivity index (χ4v) is 4.62. The summed E-state index contributed by atoms with van der Waals surface area (Å²) in [6, 6.07) is 12.2. The molecule has 2 aromatic carbocycles. The van der Waals surface area contributed by atoms with Gasteiger partial charge in [0, 0.05) is 6.54 Å². The Morgan fingerprint density at radius 2 is 1.81 bits per heavy atom. The van der Waals surface area contributed by atoms with Crippen LogP contribution in [0.5, 0.6) is 0 Å². The third kappa shape index (κ3) is 6.52. The zero-order valence-corrected chi connectivity index (χ0v) is 18.7. The summed E-state index contributed by atoms with van der Waals surface area (Å²) >= 11 is 11.8. The molecule has 0 bridgehead atoms. The van der Waals surface area contributed by atoms with Crippen molar-refractivity contribution in [1.29, 1.82) is 0 Å². The van der Waals surface area contributed by atoms with E-state index in [1.54, 1.807) is 48.6 Å². The zero-order chi connectivity index (χ0) is 22.4. The highest BCUT2D eigenvalue weighted by Gasteiger charge is 2.31. The highest BCUT2D eigenvalue weighted by molar-refractivity contribution is 7.89. The first-order chi connectivity index (χ1) is 14.8. The van der Waals surface area contributed by atoms with E-state index in [1.807, 2.05) is 0 Å². The Kier molecular flexibility index (Phi) is 8.10. The van der Waals surface area contributed by atoms with E-state index < -0.39 is 34.9 Å². The maximum atomic E-state index is 12.5. The molecule has 0 aromatic heterocycles. The maximum absolute atomic E-state index is 12.5. The number of amides is 1. The number of carbonyl (C=O) groups excluding carboxylic acids is 1. The third-order valence-corrected chi connectivity index (χ3v) is 6.88. The third-order valence-electron chi connectivity index (χ3n) is 4.67. The molecular weight excluding hydrogens is 463 g/mol. The summed E-state index contributed by atoms with van der Waals surface area (Å²) < 4.78 is 33.3. The molecule has 1 amide bonds. The number of halogens is 2. The molecule has 3 atom stereocenters. The van der Waals surface area contributed by atoms with Gasteiger partial charge >= 0.3 is 0 Å². The summed E-state index contributed by atoms with van der Waals surface area (Å²) in [6.45, 7) is -0.136. The van der Waals surface area contributed by atoms with Crippen molar-refractivity contribution in [3.63, 3.8) is 0 Å². The summed E-state index contributed by atoms with van der Waals surface area (Å²) in [7, 11) is -3.78. The number of nitrogens with one attached hydrogen (secondary N) is 2. The van der Waals surface area contributed by atoms with Gasteiger partial charge in [-0.05, 0) is 29.8 Å². The summed E-state index contributed by atoms with van der Waals surface area (Å²) in [4.78, 5) is 12.4. The molecule has 0 unspecified atom stereocenters. The van der Waals surface area contributed by atoms with Gasteiger partial charge in [-0.3, -0.25) is 4.79 Å². The van der Waals surface area contributed by atoms with Gasteiger partial charge in [-0.1, -0.05) is 59.6 Å². The molecule has 3 N–H and O–H groups in total. The average Bonchev–Trinajstić information content (AvgIpc) is 2.76. The fraction of sp³-hybridized carbons (Fsp3) is 0.286. The van der Waals surface area contributed by atoms with Crippen LogP contribution in [0.25, 0.3) is 0 Å². The number of sulfonamides is 1. The van der Waals surface area contributed by atoms with Crippen molar-refractivity contribution in [2.75, 3.05) is 6.61 Å². The molecule has 0 radical (unpaired) electrons. The Morgan fingerprint density at radius 3 is 2.48 bits per heavy atom. The molecule has 0 saturated carbocycles. The Morgan fingerprint density at radius 1 is 1.06 bits per heavy atom. The van der Waals surface area contributed by atoms with E-state index in [2.05, 4.69) is 10.0 Å². The van der Waals surface area contributed by atoms with E-state index in [-0.39, 0.29) is 23.8 Å². The summed E-state index contributed by atoms with van der Waals surface area (Å²) in [5.41, 5.74) is 0.798. The lowest BCUT2D eigenvalue weighted by Gasteiger charge is -2.31. The first kappa shape index (κ1) is 23.7. The molecule has 0 saturated heterocycles. The molecule has 166 valence electrons. The standard InChI is InChI=1S/C21H22Cl2N2O5S/c22-17-8-6-14(10-18(17)23)12-24-21(27)11-15-7-9-19(20(13-26)30-15)25-31(28,29)16-4-2-1-3-5-16/h1-10,15,19-20,25-26H,11-13H2,(H,24,27)/t15-,19-,20-/m0/s1. The Labute approximate surface area is 191 Å². The monoisotopic (exact) mass is 484 g/mol. The summed E-state index contributed by atoms with van der Waals surface area (Å²) in [5, 5.41) is 13.3. The van der Waals surface area contributed by atoms with E-state index >= 15 is 0 Å². The van der Waals surface area contributed by atoms with Crippen LogP contribution in [0, 0.1) is 0 Å². The van der Waals surface area contributed by atoms with Crippen LogP contribution < -0.4 is 10.0 Å². The van der Waals surface area contributed by atoms with E-state index in [9.17, 15) is 18.3 Å². The number of carbonyl (C=O) groups is 1. The molecule has 0 fully saturated rings. The van der Waals surface area contributed by atoms with Crippen molar-refractivity contribution in [2.24, 2.45) is 0 Å². The maximum Gasteiger partial charge on any atom is 0.241 e. The van der Waals surface area contributed by atoms with Gasteiger partial charge in [-0.15, -0.1) is 0 Å². The van der Waals surface area contributed by atoms with Gasteiger partial charge in [0.2, 0.25) is 15.9 Å². The number of ether oxygens (including phenoxy) is 1. The number of rotatable bonds is 8. The van der Waals surface area contributed by atoms with Crippen molar-refractivity contribution in [2.45, 2.75) is 36.1 Å². The molecule has 1 aliphatic heterocycles. The van der Waals surface area contributed by atoms with Gasteiger partial charge in [0.25, 0.3) is 0 Å². The molecule has 31 heavy (non-hydrogen) atoms. The number of aliphatic hydroxyl groups is 1. The molecule has 10 heteroatoms. The van der Waals surface area contributed by atoms with E-state index in [4.69, 9.17) is 27.9 Å². The minimum absolute atomic E-state index is 0.0203. The SMILES string of the molecule is O=C(C[C@@H]1C=C[C@H](NS(=O)(=O)c2ccccc2)[C@H](CO)O1)NCc1ccc(Cl)c(Cl)c1. The predicted molar refractivity (Wildman–Crippen MR) is 118 cm³/mol. The van der Waals surface area contributed by atoms with Crippen LogP contribution in [0.1, 0.15) is 12.0 Å². The second-order valence-electron chi connectivity index (χ2n) is 6.97. The van der Waals surface area contributed by atoms with Crippen molar-refractivity contribution < 1.29 is 23.1 Å². The summed E-state index contributed by atoms with van der Waals surface area (Å²) in [5.74, 6) is -0.263. The Hall–Kier alpha value is -1.94. The lowest BCUT2D eigenvalue weighted by Crippen LogP contribution is -2.48. The molecule has 1 aliphatic rings. The van der Waals surface area contributed by atoms with Crippen LogP contribution in [0.2, 0.25) is 10.0 Å².